The van der Waals surface area contributed by atoms with Crippen LogP contribution < -0.4 is 4.74 Å². The highest BCUT2D eigenvalue weighted by atomic mass is 16.5. The summed E-state index contributed by atoms with van der Waals surface area (Å²) in [5.74, 6) is 1.12. The summed E-state index contributed by atoms with van der Waals surface area (Å²) < 4.78 is 5.31. The first kappa shape index (κ1) is 15.3. The second-order valence-corrected chi connectivity index (χ2v) is 5.95. The zero-order valence-corrected chi connectivity index (χ0v) is 12.9. The van der Waals surface area contributed by atoms with Gasteiger partial charge < -0.3 is 14.7 Å². The van der Waals surface area contributed by atoms with E-state index in [-0.39, 0.29) is 0 Å². The smallest absolute Gasteiger partial charge is 0.119 e. The summed E-state index contributed by atoms with van der Waals surface area (Å²) in [4.78, 5) is 2.29. The Morgan fingerprint density at radius 1 is 1.40 bits per heavy atom. The van der Waals surface area contributed by atoms with E-state index in [0.717, 1.165) is 43.7 Å². The quantitative estimate of drug-likeness (QED) is 0.898. The molecule has 1 aromatic carbocycles. The van der Waals surface area contributed by atoms with E-state index < -0.39 is 5.60 Å². The lowest BCUT2D eigenvalue weighted by Gasteiger charge is -2.42. The monoisotopic (exact) mass is 277 g/mol. The molecule has 0 radical (unpaired) electrons. The van der Waals surface area contributed by atoms with Crippen molar-refractivity contribution in [3.63, 3.8) is 0 Å². The molecule has 0 aromatic heterocycles. The molecule has 3 heteroatoms. The van der Waals surface area contributed by atoms with E-state index >= 15 is 0 Å². The van der Waals surface area contributed by atoms with E-state index in [4.69, 9.17) is 4.74 Å². The van der Waals surface area contributed by atoms with Crippen LogP contribution in [0.25, 0.3) is 0 Å². The van der Waals surface area contributed by atoms with Crippen molar-refractivity contribution in [2.45, 2.75) is 38.2 Å². The van der Waals surface area contributed by atoms with Gasteiger partial charge in [-0.25, -0.2) is 0 Å². The lowest BCUT2D eigenvalue weighted by atomic mass is 9.71. The first-order chi connectivity index (χ1) is 9.60. The van der Waals surface area contributed by atoms with Gasteiger partial charge in [0.25, 0.3) is 0 Å². The molecule has 112 valence electrons. The Hall–Kier alpha value is -1.06. The number of aliphatic hydroxyl groups is 1. The molecule has 1 saturated carbocycles. The van der Waals surface area contributed by atoms with Gasteiger partial charge in [0.15, 0.2) is 0 Å². The maximum absolute atomic E-state index is 11.3. The third-order valence-corrected chi connectivity index (χ3v) is 4.68. The number of rotatable bonds is 5. The fourth-order valence-corrected chi connectivity index (χ4v) is 3.25. The molecule has 0 amide bonds. The summed E-state index contributed by atoms with van der Waals surface area (Å²) in [6.07, 6.45) is 4.26. The van der Waals surface area contributed by atoms with Crippen molar-refractivity contribution < 1.29 is 9.84 Å². The van der Waals surface area contributed by atoms with Gasteiger partial charge >= 0.3 is 0 Å². The van der Waals surface area contributed by atoms with Crippen molar-refractivity contribution in [2.24, 2.45) is 5.92 Å². The highest BCUT2D eigenvalue weighted by Gasteiger charge is 2.40. The van der Waals surface area contributed by atoms with Crippen LogP contribution in [-0.4, -0.2) is 37.3 Å². The highest BCUT2D eigenvalue weighted by Crippen LogP contribution is 2.42. The van der Waals surface area contributed by atoms with Crippen LogP contribution in [0.3, 0.4) is 0 Å². The Bertz CT molecular complexity index is 435. The molecule has 0 bridgehead atoms. The fraction of sp³-hybridized carbons (Fsp3) is 0.647. The molecule has 0 aliphatic heterocycles. The number of ether oxygens (including phenoxy) is 1. The predicted molar refractivity (Wildman–Crippen MR) is 82.0 cm³/mol. The summed E-state index contributed by atoms with van der Waals surface area (Å²) >= 11 is 0. The van der Waals surface area contributed by atoms with E-state index in [0.29, 0.717) is 5.92 Å². The fourth-order valence-electron chi connectivity index (χ4n) is 3.25. The first-order valence-electron chi connectivity index (χ1n) is 7.65. The lowest BCUT2D eigenvalue weighted by molar-refractivity contribution is -0.0633. The van der Waals surface area contributed by atoms with Gasteiger partial charge in [0.05, 0.1) is 12.7 Å². The molecule has 1 aliphatic rings. The minimum Gasteiger partial charge on any atom is -0.497 e. The Kier molecular flexibility index (Phi) is 5.06. The van der Waals surface area contributed by atoms with Crippen LogP contribution in [0.15, 0.2) is 24.3 Å². The van der Waals surface area contributed by atoms with Crippen LogP contribution in [0, 0.1) is 5.92 Å². The Labute approximate surface area is 122 Å². The van der Waals surface area contributed by atoms with Crippen molar-refractivity contribution in [3.8, 4) is 5.75 Å². The zero-order chi connectivity index (χ0) is 14.6. The van der Waals surface area contributed by atoms with E-state index in [2.05, 4.69) is 18.9 Å². The number of nitrogens with zero attached hydrogens (tertiary/aromatic N) is 1. The molecule has 3 nitrogen and oxygen atoms in total. The molecular formula is C17H27NO2. The van der Waals surface area contributed by atoms with E-state index in [1.807, 2.05) is 24.3 Å². The molecule has 0 unspecified atom stereocenters. The average Bonchev–Trinajstić information content (AvgIpc) is 2.49. The summed E-state index contributed by atoms with van der Waals surface area (Å²) in [6.45, 7) is 4.13. The molecule has 1 aliphatic carbocycles. The number of hydrogen-bond donors (Lipinski definition) is 1. The lowest BCUT2D eigenvalue weighted by Crippen LogP contribution is -2.43. The molecule has 0 saturated heterocycles. The summed E-state index contributed by atoms with van der Waals surface area (Å²) in [7, 11) is 3.80. The maximum atomic E-state index is 11.3. The molecule has 0 heterocycles. The minimum absolute atomic E-state index is 0.299. The van der Waals surface area contributed by atoms with Gasteiger partial charge in [0, 0.05) is 12.5 Å². The number of benzene rings is 1. The highest BCUT2D eigenvalue weighted by molar-refractivity contribution is 5.33. The molecule has 2 rings (SSSR count). The molecule has 0 spiro atoms. The largest absolute Gasteiger partial charge is 0.497 e. The van der Waals surface area contributed by atoms with Gasteiger partial charge in [-0.05, 0) is 44.1 Å². The van der Waals surface area contributed by atoms with Gasteiger partial charge in [-0.3, -0.25) is 0 Å². The van der Waals surface area contributed by atoms with Crippen molar-refractivity contribution in [3.05, 3.63) is 29.8 Å². The third-order valence-electron chi connectivity index (χ3n) is 4.68. The van der Waals surface area contributed by atoms with Crippen LogP contribution >= 0.6 is 0 Å². The Balaban J connectivity index is 2.27. The molecule has 2 atom stereocenters. The maximum Gasteiger partial charge on any atom is 0.119 e. The van der Waals surface area contributed by atoms with Gasteiger partial charge in [-0.2, -0.15) is 0 Å². The average molecular weight is 277 g/mol. The topological polar surface area (TPSA) is 32.7 Å². The van der Waals surface area contributed by atoms with Gasteiger partial charge in [0.1, 0.15) is 5.75 Å². The third kappa shape index (κ3) is 3.15. The molecule has 1 aromatic rings. The second-order valence-electron chi connectivity index (χ2n) is 5.95. The Morgan fingerprint density at radius 3 is 2.90 bits per heavy atom. The van der Waals surface area contributed by atoms with Crippen LogP contribution in [0.4, 0.5) is 0 Å². The van der Waals surface area contributed by atoms with E-state index in [9.17, 15) is 5.11 Å². The van der Waals surface area contributed by atoms with Gasteiger partial charge in [-0.1, -0.05) is 31.9 Å². The van der Waals surface area contributed by atoms with Crippen LogP contribution in [0.5, 0.6) is 5.75 Å². The minimum atomic E-state index is -0.712. The van der Waals surface area contributed by atoms with Gasteiger partial charge in [0.2, 0.25) is 0 Å². The normalized spacial score (nSPS) is 26.8. The standard InChI is InChI=1S/C17H27NO2/c1-4-18(2)13-15-8-5-6-11-17(15,19)14-9-7-10-16(12-14)20-3/h7,9-10,12,15,19H,4-6,8,11,13H2,1-3H3/t15-,17+/m1/s1. The van der Waals surface area contributed by atoms with Crippen LogP contribution in [-0.2, 0) is 5.60 Å². The van der Waals surface area contributed by atoms with Crippen molar-refractivity contribution in [1.82, 2.24) is 4.90 Å². The number of hydrogen-bond acceptors (Lipinski definition) is 3. The van der Waals surface area contributed by atoms with E-state index in [1.165, 1.54) is 6.42 Å². The molecule has 1 fully saturated rings. The van der Waals surface area contributed by atoms with Gasteiger partial charge in [-0.15, -0.1) is 0 Å². The van der Waals surface area contributed by atoms with Crippen molar-refractivity contribution in [2.75, 3.05) is 27.2 Å². The zero-order valence-electron chi connectivity index (χ0n) is 12.9. The van der Waals surface area contributed by atoms with Crippen molar-refractivity contribution in [1.29, 1.82) is 0 Å². The second kappa shape index (κ2) is 6.59. The van der Waals surface area contributed by atoms with E-state index in [1.54, 1.807) is 7.11 Å². The number of methoxy groups -OCH3 is 1. The predicted octanol–water partition coefficient (Wildman–Crippen LogP) is 3.02. The molecular weight excluding hydrogens is 250 g/mol. The van der Waals surface area contributed by atoms with Crippen molar-refractivity contribution >= 4 is 0 Å². The Morgan fingerprint density at radius 2 is 2.20 bits per heavy atom. The molecule has 1 N–H and O–H groups in total. The van der Waals surface area contributed by atoms with Crippen LogP contribution in [0.1, 0.15) is 38.2 Å². The summed E-state index contributed by atoms with van der Waals surface area (Å²) in [6, 6.07) is 7.93. The summed E-state index contributed by atoms with van der Waals surface area (Å²) in [5.41, 5.74) is 0.294. The molecule has 20 heavy (non-hydrogen) atoms. The summed E-state index contributed by atoms with van der Waals surface area (Å²) in [5, 5.41) is 11.3. The first-order valence-corrected chi connectivity index (χ1v) is 7.65. The SMILES string of the molecule is CCN(C)C[C@H]1CCCC[C@]1(O)c1cccc(OC)c1. The van der Waals surface area contributed by atoms with Crippen LogP contribution in [0.2, 0.25) is 0 Å².